The fourth-order valence-corrected chi connectivity index (χ4v) is 4.06. The van der Waals surface area contributed by atoms with Gasteiger partial charge in [0, 0.05) is 24.9 Å². The number of carbonyl (C=O) groups is 1. The molecule has 1 saturated heterocycles. The molecule has 1 heterocycles. The van der Waals surface area contributed by atoms with Gasteiger partial charge in [0.05, 0.1) is 7.11 Å². The van der Waals surface area contributed by atoms with Crippen LogP contribution in [0.3, 0.4) is 0 Å². The van der Waals surface area contributed by atoms with E-state index in [2.05, 4.69) is 30.0 Å². The number of nitrogens with zero attached hydrogens (tertiary/aromatic N) is 1. The van der Waals surface area contributed by atoms with Gasteiger partial charge in [-0.1, -0.05) is 13.0 Å². The Morgan fingerprint density at radius 1 is 1.29 bits per heavy atom. The molecular weight excluding hydrogens is 262 g/mol. The first-order valence-electron chi connectivity index (χ1n) is 8.21. The highest BCUT2D eigenvalue weighted by Crippen LogP contribution is 2.41. The minimum Gasteiger partial charge on any atom is -0.497 e. The van der Waals surface area contributed by atoms with Crippen molar-refractivity contribution in [3.8, 4) is 5.75 Å². The van der Waals surface area contributed by atoms with Crippen LogP contribution >= 0.6 is 0 Å². The van der Waals surface area contributed by atoms with Gasteiger partial charge in [0.25, 0.3) is 0 Å². The lowest BCUT2D eigenvalue weighted by atomic mass is 9.81. The van der Waals surface area contributed by atoms with Crippen molar-refractivity contribution >= 4 is 5.91 Å². The summed E-state index contributed by atoms with van der Waals surface area (Å²) in [7, 11) is 1.73. The summed E-state index contributed by atoms with van der Waals surface area (Å²) in [5.74, 6) is 1.82. The Bertz CT molecular complexity index is 526. The lowest BCUT2D eigenvalue weighted by molar-refractivity contribution is -0.137. The first kappa shape index (κ1) is 14.4. The van der Waals surface area contributed by atoms with Gasteiger partial charge in [-0.3, -0.25) is 4.79 Å². The molecule has 1 aromatic carbocycles. The first-order chi connectivity index (χ1) is 10.2. The van der Waals surface area contributed by atoms with Crippen LogP contribution in [0.15, 0.2) is 18.2 Å². The number of rotatable bonds is 3. The van der Waals surface area contributed by atoms with Crippen LogP contribution in [0.1, 0.15) is 56.1 Å². The van der Waals surface area contributed by atoms with Gasteiger partial charge >= 0.3 is 0 Å². The monoisotopic (exact) mass is 287 g/mol. The summed E-state index contributed by atoms with van der Waals surface area (Å²) in [6, 6.07) is 6.90. The zero-order valence-corrected chi connectivity index (χ0v) is 13.1. The quantitative estimate of drug-likeness (QED) is 0.851. The number of carbonyl (C=O) groups excluding carboxylic acids is 1. The van der Waals surface area contributed by atoms with E-state index in [9.17, 15) is 4.79 Å². The van der Waals surface area contributed by atoms with Crippen molar-refractivity contribution in [2.45, 2.75) is 57.4 Å². The molecule has 1 aliphatic heterocycles. The van der Waals surface area contributed by atoms with Crippen LogP contribution in [0.25, 0.3) is 0 Å². The molecule has 0 bridgehead atoms. The third-order valence-corrected chi connectivity index (χ3v) is 5.01. The molecule has 0 spiro atoms. The third kappa shape index (κ3) is 2.66. The molecule has 1 aliphatic carbocycles. The number of benzene rings is 1. The Labute approximate surface area is 127 Å². The van der Waals surface area contributed by atoms with Crippen molar-refractivity contribution in [1.82, 2.24) is 4.90 Å². The number of hydrogen-bond acceptors (Lipinski definition) is 2. The van der Waals surface area contributed by atoms with Crippen LogP contribution in [0.5, 0.6) is 5.75 Å². The molecule has 21 heavy (non-hydrogen) atoms. The molecule has 2 atom stereocenters. The molecule has 0 radical (unpaired) electrons. The molecule has 2 unspecified atom stereocenters. The molecule has 2 aliphatic rings. The second-order valence-electron chi connectivity index (χ2n) is 6.26. The number of fused-ring (bicyclic) bond motifs is 3. The summed E-state index contributed by atoms with van der Waals surface area (Å²) in [6.07, 6.45) is 6.15. The van der Waals surface area contributed by atoms with Crippen LogP contribution in [-0.4, -0.2) is 30.5 Å². The Morgan fingerprint density at radius 2 is 2.14 bits per heavy atom. The van der Waals surface area contributed by atoms with E-state index in [-0.39, 0.29) is 0 Å². The zero-order chi connectivity index (χ0) is 14.8. The molecule has 1 amide bonds. The van der Waals surface area contributed by atoms with Crippen LogP contribution in [0.4, 0.5) is 0 Å². The van der Waals surface area contributed by atoms with Crippen molar-refractivity contribution in [2.24, 2.45) is 0 Å². The normalized spacial score (nSPS) is 25.0. The highest BCUT2D eigenvalue weighted by molar-refractivity contribution is 5.78. The maximum atomic E-state index is 12.3. The van der Waals surface area contributed by atoms with Gasteiger partial charge in [0.1, 0.15) is 5.75 Å². The van der Waals surface area contributed by atoms with Crippen molar-refractivity contribution in [1.29, 1.82) is 0 Å². The molecule has 1 aromatic rings. The molecule has 0 aromatic heterocycles. The van der Waals surface area contributed by atoms with Gasteiger partial charge in [0.15, 0.2) is 0 Å². The topological polar surface area (TPSA) is 29.5 Å². The maximum absolute atomic E-state index is 12.3. The summed E-state index contributed by atoms with van der Waals surface area (Å²) in [5.41, 5.74) is 2.87. The second kappa shape index (κ2) is 6.08. The van der Waals surface area contributed by atoms with Gasteiger partial charge in [-0.2, -0.15) is 0 Å². The molecule has 3 rings (SSSR count). The fourth-order valence-electron chi connectivity index (χ4n) is 4.06. The SMILES string of the molecule is CCCN1C(=O)CCC2c3ccc(OC)cc3CCCC21. The molecular formula is C18H25NO2. The molecule has 1 fully saturated rings. The molecule has 0 N–H and O–H groups in total. The number of hydrogen-bond donors (Lipinski definition) is 0. The summed E-state index contributed by atoms with van der Waals surface area (Å²) in [4.78, 5) is 14.4. The number of piperidine rings is 1. The number of aryl methyl sites for hydroxylation is 1. The van der Waals surface area contributed by atoms with Gasteiger partial charge in [0.2, 0.25) is 5.91 Å². The minimum absolute atomic E-state index is 0.357. The van der Waals surface area contributed by atoms with E-state index in [0.717, 1.165) is 44.4 Å². The van der Waals surface area contributed by atoms with Gasteiger partial charge in [-0.15, -0.1) is 0 Å². The Kier molecular flexibility index (Phi) is 4.18. The summed E-state index contributed by atoms with van der Waals surface area (Å²) in [5, 5.41) is 0. The van der Waals surface area contributed by atoms with E-state index in [0.29, 0.717) is 24.3 Å². The average molecular weight is 287 g/mol. The lowest BCUT2D eigenvalue weighted by Crippen LogP contribution is -2.47. The van der Waals surface area contributed by atoms with Crippen molar-refractivity contribution in [2.75, 3.05) is 13.7 Å². The number of amides is 1. The molecule has 0 saturated carbocycles. The Hall–Kier alpha value is -1.51. The van der Waals surface area contributed by atoms with Gasteiger partial charge < -0.3 is 9.64 Å². The van der Waals surface area contributed by atoms with Crippen LogP contribution in [0.2, 0.25) is 0 Å². The van der Waals surface area contributed by atoms with Crippen LogP contribution in [0, 0.1) is 0 Å². The highest BCUT2D eigenvalue weighted by atomic mass is 16.5. The second-order valence-corrected chi connectivity index (χ2v) is 6.26. The predicted molar refractivity (Wildman–Crippen MR) is 83.7 cm³/mol. The van der Waals surface area contributed by atoms with E-state index >= 15 is 0 Å². The zero-order valence-electron chi connectivity index (χ0n) is 13.1. The summed E-state index contributed by atoms with van der Waals surface area (Å²) >= 11 is 0. The number of ether oxygens (including phenoxy) is 1. The predicted octanol–water partition coefficient (Wildman–Crippen LogP) is 3.52. The summed E-state index contributed by atoms with van der Waals surface area (Å²) < 4.78 is 5.37. The standard InChI is InChI=1S/C18H25NO2/c1-3-11-19-17-6-4-5-13-12-14(21-2)7-8-15(13)16(17)9-10-18(19)20/h7-8,12,16-17H,3-6,9-11H2,1-2H3. The molecule has 3 heteroatoms. The molecule has 3 nitrogen and oxygen atoms in total. The van der Waals surface area contributed by atoms with E-state index in [4.69, 9.17) is 4.74 Å². The largest absolute Gasteiger partial charge is 0.497 e. The van der Waals surface area contributed by atoms with E-state index in [1.165, 1.54) is 11.1 Å². The first-order valence-corrected chi connectivity index (χ1v) is 8.21. The Morgan fingerprint density at radius 3 is 2.90 bits per heavy atom. The highest BCUT2D eigenvalue weighted by Gasteiger charge is 2.37. The number of likely N-dealkylation sites (tertiary alicyclic amines) is 1. The van der Waals surface area contributed by atoms with E-state index < -0.39 is 0 Å². The minimum atomic E-state index is 0.357. The average Bonchev–Trinajstić information content (AvgIpc) is 2.68. The lowest BCUT2D eigenvalue weighted by Gasteiger charge is -2.41. The third-order valence-electron chi connectivity index (χ3n) is 5.01. The van der Waals surface area contributed by atoms with Crippen LogP contribution in [-0.2, 0) is 11.2 Å². The smallest absolute Gasteiger partial charge is 0.222 e. The van der Waals surface area contributed by atoms with Crippen molar-refractivity contribution < 1.29 is 9.53 Å². The van der Waals surface area contributed by atoms with Gasteiger partial charge in [-0.05, 0) is 55.4 Å². The molecule has 114 valence electrons. The number of methoxy groups -OCH3 is 1. The van der Waals surface area contributed by atoms with Gasteiger partial charge in [-0.25, -0.2) is 0 Å². The Balaban J connectivity index is 1.95. The maximum Gasteiger partial charge on any atom is 0.222 e. The van der Waals surface area contributed by atoms with E-state index in [1.807, 2.05) is 0 Å². The van der Waals surface area contributed by atoms with Crippen molar-refractivity contribution in [3.63, 3.8) is 0 Å². The van der Waals surface area contributed by atoms with E-state index in [1.54, 1.807) is 7.11 Å². The summed E-state index contributed by atoms with van der Waals surface area (Å²) in [6.45, 7) is 3.07. The van der Waals surface area contributed by atoms with Crippen molar-refractivity contribution in [3.05, 3.63) is 29.3 Å². The van der Waals surface area contributed by atoms with Crippen LogP contribution < -0.4 is 4.74 Å². The fraction of sp³-hybridized carbons (Fsp3) is 0.611.